The fraction of sp³-hybridized carbons (Fsp3) is 0.300. The molecule has 0 unspecified atom stereocenters. The van der Waals surface area contributed by atoms with Gasteiger partial charge in [-0.25, -0.2) is 0 Å². The van der Waals surface area contributed by atoms with Gasteiger partial charge >= 0.3 is 12.1 Å². The standard InChI is InChI=1S/C20H20F3N3O5/c1-13-3-6-15(7-4-13)24-16(27)10-25(2)18(29)12-31-19(30)11-26-9-14(20(21,22)23)5-8-17(26)28/h3-9H,10-12H2,1-2H3,(H,24,27). The molecular formula is C20H20F3N3O5. The maximum absolute atomic E-state index is 12.7. The molecule has 166 valence electrons. The molecule has 31 heavy (non-hydrogen) atoms. The number of alkyl halides is 3. The number of amides is 2. The van der Waals surface area contributed by atoms with Gasteiger partial charge in [0.05, 0.1) is 12.1 Å². The number of carbonyl (C=O) groups is 3. The quantitative estimate of drug-likeness (QED) is 0.664. The molecule has 0 aliphatic heterocycles. The second kappa shape index (κ2) is 9.92. The molecule has 8 nitrogen and oxygen atoms in total. The molecule has 1 heterocycles. The molecule has 1 N–H and O–H groups in total. The number of aromatic nitrogens is 1. The van der Waals surface area contributed by atoms with Gasteiger partial charge in [0, 0.05) is 25.0 Å². The van der Waals surface area contributed by atoms with E-state index in [0.717, 1.165) is 10.5 Å². The van der Waals surface area contributed by atoms with E-state index < -0.39 is 48.2 Å². The molecule has 0 aliphatic carbocycles. The van der Waals surface area contributed by atoms with Gasteiger partial charge in [-0.1, -0.05) is 17.7 Å². The Bertz CT molecular complexity index is 1020. The Morgan fingerprint density at radius 1 is 1.10 bits per heavy atom. The lowest BCUT2D eigenvalue weighted by Crippen LogP contribution is -2.38. The molecule has 0 bridgehead atoms. The molecule has 2 rings (SSSR count). The predicted molar refractivity (Wildman–Crippen MR) is 104 cm³/mol. The van der Waals surface area contributed by atoms with Gasteiger partial charge in [0.2, 0.25) is 5.91 Å². The van der Waals surface area contributed by atoms with Crippen LogP contribution in [-0.4, -0.2) is 47.4 Å². The van der Waals surface area contributed by atoms with Crippen molar-refractivity contribution in [1.82, 2.24) is 9.47 Å². The van der Waals surface area contributed by atoms with Crippen LogP contribution in [-0.2, 0) is 31.8 Å². The van der Waals surface area contributed by atoms with Crippen LogP contribution in [0.3, 0.4) is 0 Å². The maximum Gasteiger partial charge on any atom is 0.417 e. The number of halogens is 3. The Hall–Kier alpha value is -3.63. The zero-order valence-electron chi connectivity index (χ0n) is 16.7. The van der Waals surface area contributed by atoms with Gasteiger partial charge in [-0.3, -0.25) is 19.2 Å². The van der Waals surface area contributed by atoms with E-state index in [1.165, 1.54) is 7.05 Å². The molecular weight excluding hydrogens is 419 g/mol. The van der Waals surface area contributed by atoms with Crippen LogP contribution in [0.2, 0.25) is 0 Å². The van der Waals surface area contributed by atoms with E-state index in [-0.39, 0.29) is 6.54 Å². The first-order chi connectivity index (χ1) is 14.5. The van der Waals surface area contributed by atoms with Crippen molar-refractivity contribution < 1.29 is 32.3 Å². The van der Waals surface area contributed by atoms with E-state index in [2.05, 4.69) is 5.32 Å². The molecule has 0 spiro atoms. The van der Waals surface area contributed by atoms with Crippen molar-refractivity contribution in [1.29, 1.82) is 0 Å². The minimum absolute atomic E-state index is 0.308. The van der Waals surface area contributed by atoms with Gasteiger partial charge in [-0.15, -0.1) is 0 Å². The normalized spacial score (nSPS) is 11.0. The largest absolute Gasteiger partial charge is 0.454 e. The Morgan fingerprint density at radius 2 is 1.74 bits per heavy atom. The van der Waals surface area contributed by atoms with Crippen LogP contribution in [0.1, 0.15) is 11.1 Å². The molecule has 2 amide bonds. The topological polar surface area (TPSA) is 97.7 Å². The highest BCUT2D eigenvalue weighted by molar-refractivity contribution is 5.94. The highest BCUT2D eigenvalue weighted by atomic mass is 19.4. The number of aryl methyl sites for hydroxylation is 1. The lowest BCUT2D eigenvalue weighted by atomic mass is 10.2. The number of anilines is 1. The summed E-state index contributed by atoms with van der Waals surface area (Å²) < 4.78 is 43.4. The van der Waals surface area contributed by atoms with Gasteiger partial charge in [0.25, 0.3) is 11.5 Å². The molecule has 2 aromatic rings. The summed E-state index contributed by atoms with van der Waals surface area (Å²) in [6, 6.07) is 8.30. The number of hydrogen-bond acceptors (Lipinski definition) is 5. The van der Waals surface area contributed by atoms with Gasteiger partial charge in [-0.05, 0) is 25.1 Å². The third-order valence-corrected chi connectivity index (χ3v) is 4.11. The lowest BCUT2D eigenvalue weighted by molar-refractivity contribution is -0.152. The van der Waals surface area contributed by atoms with Crippen LogP contribution < -0.4 is 10.9 Å². The van der Waals surface area contributed by atoms with Crippen LogP contribution in [0.5, 0.6) is 0 Å². The molecule has 0 atom stereocenters. The van der Waals surface area contributed by atoms with Crippen molar-refractivity contribution in [2.75, 3.05) is 25.5 Å². The Balaban J connectivity index is 1.84. The van der Waals surface area contributed by atoms with Gasteiger partial charge in [0.1, 0.15) is 6.54 Å². The molecule has 11 heteroatoms. The third kappa shape index (κ3) is 7.28. The number of hydrogen-bond donors (Lipinski definition) is 1. The number of benzene rings is 1. The lowest BCUT2D eigenvalue weighted by Gasteiger charge is -2.17. The van der Waals surface area contributed by atoms with Crippen molar-refractivity contribution in [3.8, 4) is 0 Å². The molecule has 1 aromatic carbocycles. The molecule has 0 radical (unpaired) electrons. The number of nitrogens with one attached hydrogen (secondary N) is 1. The molecule has 0 fully saturated rings. The van der Waals surface area contributed by atoms with Gasteiger partial charge in [0.15, 0.2) is 6.61 Å². The van der Waals surface area contributed by atoms with E-state index in [9.17, 15) is 32.3 Å². The average molecular weight is 439 g/mol. The first-order valence-corrected chi connectivity index (χ1v) is 8.99. The number of nitrogens with zero attached hydrogens (tertiary/aromatic N) is 2. The highest BCUT2D eigenvalue weighted by Gasteiger charge is 2.31. The highest BCUT2D eigenvalue weighted by Crippen LogP contribution is 2.27. The number of carbonyl (C=O) groups excluding carboxylic acids is 3. The van der Waals surface area contributed by atoms with Crippen LogP contribution in [0.25, 0.3) is 0 Å². The van der Waals surface area contributed by atoms with Crippen molar-refractivity contribution in [2.24, 2.45) is 0 Å². The molecule has 0 saturated heterocycles. The summed E-state index contributed by atoms with van der Waals surface area (Å²) in [5.41, 5.74) is -0.370. The van der Waals surface area contributed by atoms with Crippen molar-refractivity contribution >= 4 is 23.5 Å². The Labute approximate surface area is 175 Å². The molecule has 0 saturated carbocycles. The van der Waals surface area contributed by atoms with Crippen LogP contribution >= 0.6 is 0 Å². The van der Waals surface area contributed by atoms with E-state index in [0.29, 0.717) is 28.6 Å². The number of pyridine rings is 1. The maximum atomic E-state index is 12.7. The first-order valence-electron chi connectivity index (χ1n) is 8.99. The van der Waals surface area contributed by atoms with Crippen molar-refractivity contribution in [3.63, 3.8) is 0 Å². The summed E-state index contributed by atoms with van der Waals surface area (Å²) >= 11 is 0. The minimum atomic E-state index is -4.68. The summed E-state index contributed by atoms with van der Waals surface area (Å²) in [5, 5.41) is 2.61. The summed E-state index contributed by atoms with van der Waals surface area (Å²) in [6.07, 6.45) is -4.19. The minimum Gasteiger partial charge on any atom is -0.454 e. The smallest absolute Gasteiger partial charge is 0.417 e. The summed E-state index contributed by atoms with van der Waals surface area (Å²) in [7, 11) is 1.32. The van der Waals surface area contributed by atoms with Crippen LogP contribution in [0.15, 0.2) is 47.4 Å². The zero-order chi connectivity index (χ0) is 23.2. The molecule has 0 aliphatic rings. The monoisotopic (exact) mass is 439 g/mol. The number of esters is 1. The summed E-state index contributed by atoms with van der Waals surface area (Å²) in [4.78, 5) is 48.5. The van der Waals surface area contributed by atoms with E-state index >= 15 is 0 Å². The Kier molecular flexibility index (Phi) is 7.56. The van der Waals surface area contributed by atoms with Gasteiger partial charge < -0.3 is 19.5 Å². The van der Waals surface area contributed by atoms with E-state index in [1.807, 2.05) is 6.92 Å². The summed E-state index contributed by atoms with van der Waals surface area (Å²) in [5.74, 6) is -2.25. The zero-order valence-corrected chi connectivity index (χ0v) is 16.7. The second-order valence-corrected chi connectivity index (χ2v) is 6.71. The number of ether oxygens (including phenoxy) is 1. The Morgan fingerprint density at radius 3 is 2.35 bits per heavy atom. The first kappa shape index (κ1) is 23.6. The fourth-order valence-electron chi connectivity index (χ4n) is 2.40. The van der Waals surface area contributed by atoms with E-state index in [1.54, 1.807) is 24.3 Å². The number of likely N-dealkylation sites (N-methyl/N-ethyl adjacent to an activating group) is 1. The third-order valence-electron chi connectivity index (χ3n) is 4.11. The molecule has 1 aromatic heterocycles. The van der Waals surface area contributed by atoms with E-state index in [4.69, 9.17) is 4.74 Å². The van der Waals surface area contributed by atoms with Crippen molar-refractivity contribution in [3.05, 3.63) is 64.1 Å². The van der Waals surface area contributed by atoms with Gasteiger partial charge in [-0.2, -0.15) is 13.2 Å². The number of rotatable bonds is 7. The second-order valence-electron chi connectivity index (χ2n) is 6.71. The predicted octanol–water partition coefficient (Wildman–Crippen LogP) is 1.82. The van der Waals surface area contributed by atoms with Crippen molar-refractivity contribution in [2.45, 2.75) is 19.6 Å². The average Bonchev–Trinajstić information content (AvgIpc) is 2.68. The van der Waals surface area contributed by atoms with Crippen LogP contribution in [0, 0.1) is 6.92 Å². The fourth-order valence-corrected chi connectivity index (χ4v) is 2.40. The van der Waals surface area contributed by atoms with Crippen LogP contribution in [0.4, 0.5) is 18.9 Å². The summed E-state index contributed by atoms with van der Waals surface area (Å²) in [6.45, 7) is 0.0502. The SMILES string of the molecule is Cc1ccc(NC(=O)CN(C)C(=O)COC(=O)Cn2cc(C(F)(F)F)ccc2=O)cc1.